The fourth-order valence-electron chi connectivity index (χ4n) is 1.70. The van der Waals surface area contributed by atoms with Crippen molar-refractivity contribution < 1.29 is 13.9 Å². The standard InChI is InChI=1S/C11H13BrFNO2/c1-6(5-14)9-7(13)4-8-11(10(9)12)16-3-2-15-8/h4,6H,2-3,5,14H2,1H3. The molecule has 5 heteroatoms. The summed E-state index contributed by atoms with van der Waals surface area (Å²) >= 11 is 3.36. The fraction of sp³-hybridized carbons (Fsp3) is 0.455. The Labute approximate surface area is 102 Å². The number of hydrogen-bond donors (Lipinski definition) is 1. The first-order valence-electron chi connectivity index (χ1n) is 5.12. The van der Waals surface area contributed by atoms with Crippen LogP contribution in [-0.4, -0.2) is 19.8 Å². The second-order valence-electron chi connectivity index (χ2n) is 3.75. The molecule has 0 aromatic heterocycles. The Balaban J connectivity index is 2.54. The second-order valence-corrected chi connectivity index (χ2v) is 4.54. The van der Waals surface area contributed by atoms with E-state index in [1.54, 1.807) is 0 Å². The highest BCUT2D eigenvalue weighted by molar-refractivity contribution is 9.10. The van der Waals surface area contributed by atoms with Gasteiger partial charge in [-0.1, -0.05) is 6.92 Å². The summed E-state index contributed by atoms with van der Waals surface area (Å²) < 4.78 is 25.3. The van der Waals surface area contributed by atoms with Gasteiger partial charge < -0.3 is 15.2 Å². The molecular weight excluding hydrogens is 277 g/mol. The predicted molar refractivity (Wildman–Crippen MR) is 62.6 cm³/mol. The van der Waals surface area contributed by atoms with Gasteiger partial charge in [0.25, 0.3) is 0 Å². The van der Waals surface area contributed by atoms with E-state index in [1.807, 2.05) is 6.92 Å². The van der Waals surface area contributed by atoms with E-state index in [-0.39, 0.29) is 11.7 Å². The number of rotatable bonds is 2. The number of nitrogens with two attached hydrogens (primary N) is 1. The maximum Gasteiger partial charge on any atom is 0.176 e. The average molecular weight is 290 g/mol. The van der Waals surface area contributed by atoms with Crippen LogP contribution >= 0.6 is 15.9 Å². The molecule has 2 N–H and O–H groups in total. The molecule has 2 rings (SSSR count). The Bertz CT molecular complexity index is 411. The van der Waals surface area contributed by atoms with Gasteiger partial charge in [0.15, 0.2) is 11.5 Å². The Kier molecular flexibility index (Phi) is 3.35. The maximum absolute atomic E-state index is 13.9. The number of hydrogen-bond acceptors (Lipinski definition) is 3. The number of ether oxygens (including phenoxy) is 2. The van der Waals surface area contributed by atoms with Crippen LogP contribution in [0.15, 0.2) is 10.5 Å². The van der Waals surface area contributed by atoms with Gasteiger partial charge in [-0.3, -0.25) is 0 Å². The normalized spacial score (nSPS) is 16.0. The van der Waals surface area contributed by atoms with Crippen molar-refractivity contribution in [2.75, 3.05) is 19.8 Å². The minimum absolute atomic E-state index is 0.0646. The van der Waals surface area contributed by atoms with Gasteiger partial charge in [0.05, 0.1) is 4.47 Å². The molecule has 0 fully saturated rings. The third-order valence-corrected chi connectivity index (χ3v) is 3.40. The highest BCUT2D eigenvalue weighted by Crippen LogP contribution is 2.43. The van der Waals surface area contributed by atoms with Crippen molar-refractivity contribution in [2.45, 2.75) is 12.8 Å². The molecule has 1 unspecified atom stereocenters. The summed E-state index contributed by atoms with van der Waals surface area (Å²) in [5, 5.41) is 0. The molecule has 88 valence electrons. The van der Waals surface area contributed by atoms with Gasteiger partial charge in [-0.25, -0.2) is 4.39 Å². The molecule has 1 aliphatic rings. The highest BCUT2D eigenvalue weighted by Gasteiger charge is 2.24. The minimum Gasteiger partial charge on any atom is -0.486 e. The molecule has 1 atom stereocenters. The Morgan fingerprint density at radius 3 is 2.88 bits per heavy atom. The van der Waals surface area contributed by atoms with E-state index in [4.69, 9.17) is 15.2 Å². The Hall–Kier alpha value is -0.810. The van der Waals surface area contributed by atoms with Crippen molar-refractivity contribution in [2.24, 2.45) is 5.73 Å². The summed E-state index contributed by atoms with van der Waals surface area (Å²) in [6.45, 7) is 3.19. The van der Waals surface area contributed by atoms with Crippen LogP contribution in [0.1, 0.15) is 18.4 Å². The summed E-state index contributed by atoms with van der Waals surface area (Å²) in [5.74, 6) is 0.644. The van der Waals surface area contributed by atoms with Crippen molar-refractivity contribution in [3.63, 3.8) is 0 Å². The zero-order chi connectivity index (χ0) is 11.7. The summed E-state index contributed by atoms with van der Waals surface area (Å²) in [4.78, 5) is 0. The van der Waals surface area contributed by atoms with E-state index in [0.29, 0.717) is 41.3 Å². The van der Waals surface area contributed by atoms with Crippen LogP contribution in [0.3, 0.4) is 0 Å². The van der Waals surface area contributed by atoms with E-state index < -0.39 is 0 Å². The molecule has 16 heavy (non-hydrogen) atoms. The van der Waals surface area contributed by atoms with Crippen molar-refractivity contribution in [1.82, 2.24) is 0 Å². The van der Waals surface area contributed by atoms with Gasteiger partial charge in [0.1, 0.15) is 19.0 Å². The van der Waals surface area contributed by atoms with E-state index >= 15 is 0 Å². The molecule has 0 spiro atoms. The van der Waals surface area contributed by atoms with Crippen molar-refractivity contribution in [1.29, 1.82) is 0 Å². The van der Waals surface area contributed by atoms with Crippen molar-refractivity contribution >= 4 is 15.9 Å². The third kappa shape index (κ3) is 1.89. The molecule has 1 aromatic carbocycles. The first-order valence-corrected chi connectivity index (χ1v) is 5.92. The van der Waals surface area contributed by atoms with Crippen LogP contribution in [0.4, 0.5) is 4.39 Å². The lowest BCUT2D eigenvalue weighted by atomic mass is 10.00. The van der Waals surface area contributed by atoms with E-state index in [9.17, 15) is 4.39 Å². The molecule has 0 amide bonds. The molecule has 0 saturated carbocycles. The first kappa shape index (κ1) is 11.7. The van der Waals surface area contributed by atoms with Gasteiger partial charge in [-0.05, 0) is 28.4 Å². The summed E-state index contributed by atoms with van der Waals surface area (Å²) in [6, 6.07) is 1.36. The zero-order valence-electron chi connectivity index (χ0n) is 8.93. The maximum atomic E-state index is 13.9. The number of halogens is 2. The summed E-state index contributed by atoms with van der Waals surface area (Å²) in [7, 11) is 0. The Morgan fingerprint density at radius 2 is 2.19 bits per heavy atom. The second kappa shape index (κ2) is 4.59. The third-order valence-electron chi connectivity index (χ3n) is 2.61. The number of fused-ring (bicyclic) bond motifs is 1. The number of benzene rings is 1. The van der Waals surface area contributed by atoms with Gasteiger partial charge in [0.2, 0.25) is 0 Å². The molecule has 0 bridgehead atoms. The molecular formula is C11H13BrFNO2. The van der Waals surface area contributed by atoms with Gasteiger partial charge in [0, 0.05) is 11.6 Å². The van der Waals surface area contributed by atoms with E-state index in [0.717, 1.165) is 0 Å². The van der Waals surface area contributed by atoms with Crippen LogP contribution in [-0.2, 0) is 0 Å². The summed E-state index contributed by atoms with van der Waals surface area (Å²) in [6.07, 6.45) is 0. The topological polar surface area (TPSA) is 44.5 Å². The molecule has 1 aromatic rings. The van der Waals surface area contributed by atoms with Gasteiger partial charge in [-0.2, -0.15) is 0 Å². The van der Waals surface area contributed by atoms with Gasteiger partial charge in [-0.15, -0.1) is 0 Å². The van der Waals surface area contributed by atoms with Crippen molar-refractivity contribution in [3.8, 4) is 11.5 Å². The predicted octanol–water partition coefficient (Wildman–Crippen LogP) is 2.42. The zero-order valence-corrected chi connectivity index (χ0v) is 10.5. The smallest absolute Gasteiger partial charge is 0.176 e. The summed E-state index contributed by atoms with van der Waals surface area (Å²) in [5.41, 5.74) is 6.11. The fourth-order valence-corrected chi connectivity index (χ4v) is 2.59. The van der Waals surface area contributed by atoms with Crippen LogP contribution in [0.2, 0.25) is 0 Å². The van der Waals surface area contributed by atoms with Crippen molar-refractivity contribution in [3.05, 3.63) is 21.9 Å². The molecule has 0 radical (unpaired) electrons. The Morgan fingerprint density at radius 1 is 1.50 bits per heavy atom. The lowest BCUT2D eigenvalue weighted by Crippen LogP contribution is -2.18. The monoisotopic (exact) mass is 289 g/mol. The first-order chi connectivity index (χ1) is 7.65. The van der Waals surface area contributed by atoms with Crippen LogP contribution in [0.25, 0.3) is 0 Å². The van der Waals surface area contributed by atoms with Gasteiger partial charge >= 0.3 is 0 Å². The SMILES string of the molecule is CC(CN)c1c(F)cc2c(c1Br)OCCO2. The molecule has 1 aliphatic heterocycles. The van der Waals surface area contributed by atoms with E-state index in [1.165, 1.54) is 6.07 Å². The lowest BCUT2D eigenvalue weighted by Gasteiger charge is -2.23. The molecule has 3 nitrogen and oxygen atoms in total. The van der Waals surface area contributed by atoms with Crippen LogP contribution in [0.5, 0.6) is 11.5 Å². The molecule has 0 aliphatic carbocycles. The minimum atomic E-state index is -0.311. The quantitative estimate of drug-likeness (QED) is 0.909. The van der Waals surface area contributed by atoms with E-state index in [2.05, 4.69) is 15.9 Å². The molecule has 0 saturated heterocycles. The lowest BCUT2D eigenvalue weighted by molar-refractivity contribution is 0.169. The average Bonchev–Trinajstić information content (AvgIpc) is 2.28. The highest BCUT2D eigenvalue weighted by atomic mass is 79.9. The molecule has 1 heterocycles. The van der Waals surface area contributed by atoms with Crippen LogP contribution in [0, 0.1) is 5.82 Å². The van der Waals surface area contributed by atoms with Crippen LogP contribution < -0.4 is 15.2 Å². The largest absolute Gasteiger partial charge is 0.486 e.